The number of aliphatic hydroxyl groups is 1. The van der Waals surface area contributed by atoms with Crippen molar-refractivity contribution < 1.29 is 9.90 Å². The molecule has 0 aromatic carbocycles. The van der Waals surface area contributed by atoms with Crippen molar-refractivity contribution in [3.8, 4) is 0 Å². The van der Waals surface area contributed by atoms with E-state index in [1.54, 1.807) is 25.3 Å². The van der Waals surface area contributed by atoms with Gasteiger partial charge in [-0.05, 0) is 35.0 Å². The van der Waals surface area contributed by atoms with Crippen molar-refractivity contribution in [2.45, 2.75) is 13.0 Å². The molecule has 1 aromatic heterocycles. The second kappa shape index (κ2) is 5.07. The first-order chi connectivity index (χ1) is 6.59. The van der Waals surface area contributed by atoms with Crippen molar-refractivity contribution in [1.29, 1.82) is 0 Å². The largest absolute Gasteiger partial charge is 0.392 e. The molecule has 0 saturated heterocycles. The predicted molar refractivity (Wildman–Crippen MR) is 56.0 cm³/mol. The van der Waals surface area contributed by atoms with Crippen LogP contribution in [0.25, 0.3) is 0 Å². The highest BCUT2D eigenvalue weighted by molar-refractivity contribution is 9.10. The SMILES string of the molecule is CC(O)CNC(=O)c1ccc(Br)cn1. The van der Waals surface area contributed by atoms with Crippen LogP contribution in [0.2, 0.25) is 0 Å². The molecule has 0 spiro atoms. The maximum absolute atomic E-state index is 11.4. The molecule has 1 rings (SSSR count). The summed E-state index contributed by atoms with van der Waals surface area (Å²) in [5.74, 6) is -0.279. The number of amides is 1. The van der Waals surface area contributed by atoms with Crippen LogP contribution in [0.3, 0.4) is 0 Å². The minimum atomic E-state index is -0.547. The van der Waals surface area contributed by atoms with Crippen molar-refractivity contribution in [2.75, 3.05) is 6.54 Å². The Morgan fingerprint density at radius 2 is 2.43 bits per heavy atom. The molecular formula is C9H11BrN2O2. The number of aromatic nitrogens is 1. The van der Waals surface area contributed by atoms with Gasteiger partial charge in [0.25, 0.3) is 5.91 Å². The van der Waals surface area contributed by atoms with Gasteiger partial charge in [-0.25, -0.2) is 4.98 Å². The lowest BCUT2D eigenvalue weighted by Gasteiger charge is -2.06. The lowest BCUT2D eigenvalue weighted by Crippen LogP contribution is -2.31. The second-order valence-electron chi connectivity index (χ2n) is 2.92. The van der Waals surface area contributed by atoms with E-state index in [4.69, 9.17) is 5.11 Å². The molecule has 1 unspecified atom stereocenters. The first-order valence-corrected chi connectivity index (χ1v) is 4.96. The standard InChI is InChI=1S/C9H11BrN2O2/c1-6(13)4-12-9(14)8-3-2-7(10)5-11-8/h2-3,5-6,13H,4H2,1H3,(H,12,14). The molecule has 1 amide bonds. The Bertz CT molecular complexity index is 311. The molecule has 1 aromatic rings. The number of hydrogen-bond donors (Lipinski definition) is 2. The molecular weight excluding hydrogens is 248 g/mol. The molecule has 0 bridgehead atoms. The summed E-state index contributed by atoms with van der Waals surface area (Å²) in [6.45, 7) is 1.84. The van der Waals surface area contributed by atoms with E-state index in [0.29, 0.717) is 5.69 Å². The molecule has 4 nitrogen and oxygen atoms in total. The van der Waals surface area contributed by atoms with Crippen molar-refractivity contribution in [3.63, 3.8) is 0 Å². The van der Waals surface area contributed by atoms with Crippen LogP contribution in [0.1, 0.15) is 17.4 Å². The first kappa shape index (κ1) is 11.1. The Kier molecular flexibility index (Phi) is 4.03. The summed E-state index contributed by atoms with van der Waals surface area (Å²) >= 11 is 3.22. The summed E-state index contributed by atoms with van der Waals surface area (Å²) in [6.07, 6.45) is 1.01. The number of halogens is 1. The van der Waals surface area contributed by atoms with E-state index in [0.717, 1.165) is 4.47 Å². The Morgan fingerprint density at radius 1 is 1.71 bits per heavy atom. The fraction of sp³-hybridized carbons (Fsp3) is 0.333. The van der Waals surface area contributed by atoms with E-state index in [1.807, 2.05) is 0 Å². The Balaban J connectivity index is 2.57. The van der Waals surface area contributed by atoms with Gasteiger partial charge in [-0.3, -0.25) is 4.79 Å². The Labute approximate surface area is 90.5 Å². The number of carbonyl (C=O) groups is 1. The summed E-state index contributed by atoms with van der Waals surface area (Å²) < 4.78 is 0.824. The monoisotopic (exact) mass is 258 g/mol. The van der Waals surface area contributed by atoms with Crippen LogP contribution in [-0.2, 0) is 0 Å². The highest BCUT2D eigenvalue weighted by atomic mass is 79.9. The number of nitrogens with zero attached hydrogens (tertiary/aromatic N) is 1. The van der Waals surface area contributed by atoms with Gasteiger partial charge in [0.2, 0.25) is 0 Å². The number of pyridine rings is 1. The van der Waals surface area contributed by atoms with Gasteiger partial charge in [-0.1, -0.05) is 0 Å². The highest BCUT2D eigenvalue weighted by Crippen LogP contribution is 2.07. The topological polar surface area (TPSA) is 62.2 Å². The van der Waals surface area contributed by atoms with Crippen LogP contribution < -0.4 is 5.32 Å². The first-order valence-electron chi connectivity index (χ1n) is 4.17. The summed E-state index contributed by atoms with van der Waals surface area (Å²) in [5.41, 5.74) is 0.342. The second-order valence-corrected chi connectivity index (χ2v) is 3.84. The molecule has 0 aliphatic rings. The molecule has 0 aliphatic heterocycles. The molecule has 0 saturated carbocycles. The molecule has 14 heavy (non-hydrogen) atoms. The maximum atomic E-state index is 11.4. The minimum absolute atomic E-state index is 0.233. The molecule has 1 heterocycles. The van der Waals surface area contributed by atoms with Crippen LogP contribution in [0.15, 0.2) is 22.8 Å². The number of hydrogen-bond acceptors (Lipinski definition) is 3. The van der Waals surface area contributed by atoms with Gasteiger partial charge in [0.1, 0.15) is 5.69 Å². The van der Waals surface area contributed by atoms with Gasteiger partial charge < -0.3 is 10.4 Å². The van der Waals surface area contributed by atoms with Gasteiger partial charge in [-0.15, -0.1) is 0 Å². The fourth-order valence-corrected chi connectivity index (χ4v) is 1.08. The third-order valence-electron chi connectivity index (χ3n) is 1.52. The number of rotatable bonds is 3. The molecule has 0 radical (unpaired) electrons. The van der Waals surface area contributed by atoms with Gasteiger partial charge in [0.05, 0.1) is 6.10 Å². The van der Waals surface area contributed by atoms with Gasteiger partial charge in [0.15, 0.2) is 0 Å². The van der Waals surface area contributed by atoms with E-state index in [2.05, 4.69) is 26.2 Å². The Hall–Kier alpha value is -0.940. The lowest BCUT2D eigenvalue weighted by atomic mass is 10.3. The van der Waals surface area contributed by atoms with E-state index < -0.39 is 6.10 Å². The zero-order chi connectivity index (χ0) is 10.6. The van der Waals surface area contributed by atoms with E-state index in [-0.39, 0.29) is 12.5 Å². The Morgan fingerprint density at radius 3 is 2.93 bits per heavy atom. The normalized spacial score (nSPS) is 12.2. The third-order valence-corrected chi connectivity index (χ3v) is 1.99. The molecule has 76 valence electrons. The van der Waals surface area contributed by atoms with Crippen LogP contribution >= 0.6 is 15.9 Å². The van der Waals surface area contributed by atoms with Gasteiger partial charge in [-0.2, -0.15) is 0 Å². The molecule has 0 fully saturated rings. The summed E-state index contributed by atoms with van der Waals surface area (Å²) in [4.78, 5) is 15.3. The van der Waals surface area contributed by atoms with Crippen molar-refractivity contribution in [1.82, 2.24) is 10.3 Å². The van der Waals surface area contributed by atoms with E-state index in [1.165, 1.54) is 0 Å². The zero-order valence-corrected chi connectivity index (χ0v) is 9.28. The number of carbonyl (C=O) groups excluding carboxylic acids is 1. The lowest BCUT2D eigenvalue weighted by molar-refractivity contribution is 0.0919. The van der Waals surface area contributed by atoms with Crippen LogP contribution in [-0.4, -0.2) is 28.6 Å². The van der Waals surface area contributed by atoms with Crippen LogP contribution in [0.5, 0.6) is 0 Å². The maximum Gasteiger partial charge on any atom is 0.269 e. The summed E-state index contributed by atoms with van der Waals surface area (Å²) in [5, 5.41) is 11.5. The smallest absolute Gasteiger partial charge is 0.269 e. The van der Waals surface area contributed by atoms with Crippen molar-refractivity contribution in [3.05, 3.63) is 28.5 Å². The number of nitrogens with one attached hydrogen (secondary N) is 1. The molecule has 1 atom stereocenters. The zero-order valence-electron chi connectivity index (χ0n) is 7.70. The average Bonchev–Trinajstić information content (AvgIpc) is 2.15. The van der Waals surface area contributed by atoms with Crippen LogP contribution in [0.4, 0.5) is 0 Å². The quantitative estimate of drug-likeness (QED) is 0.849. The summed E-state index contributed by atoms with van der Waals surface area (Å²) in [6, 6.07) is 3.35. The van der Waals surface area contributed by atoms with E-state index in [9.17, 15) is 4.79 Å². The highest BCUT2D eigenvalue weighted by Gasteiger charge is 2.06. The minimum Gasteiger partial charge on any atom is -0.392 e. The van der Waals surface area contributed by atoms with Gasteiger partial charge >= 0.3 is 0 Å². The molecule has 5 heteroatoms. The number of aliphatic hydroxyl groups excluding tert-OH is 1. The molecule has 0 aliphatic carbocycles. The fourth-order valence-electron chi connectivity index (χ4n) is 0.841. The van der Waals surface area contributed by atoms with E-state index >= 15 is 0 Å². The average molecular weight is 259 g/mol. The predicted octanol–water partition coefficient (Wildman–Crippen LogP) is 0.955. The van der Waals surface area contributed by atoms with Crippen molar-refractivity contribution in [2.24, 2.45) is 0 Å². The molecule has 2 N–H and O–H groups in total. The summed E-state index contributed by atoms with van der Waals surface area (Å²) in [7, 11) is 0. The third kappa shape index (κ3) is 3.43. The van der Waals surface area contributed by atoms with Crippen LogP contribution in [0, 0.1) is 0 Å². The van der Waals surface area contributed by atoms with Crippen molar-refractivity contribution >= 4 is 21.8 Å². The van der Waals surface area contributed by atoms with Gasteiger partial charge in [0, 0.05) is 17.2 Å².